The van der Waals surface area contributed by atoms with Crippen molar-refractivity contribution < 1.29 is 8.78 Å². The van der Waals surface area contributed by atoms with Gasteiger partial charge in [0.25, 0.3) is 6.43 Å². The van der Waals surface area contributed by atoms with E-state index in [9.17, 15) is 8.78 Å². The summed E-state index contributed by atoms with van der Waals surface area (Å²) in [7, 11) is 0. The highest BCUT2D eigenvalue weighted by molar-refractivity contribution is 6.30. The summed E-state index contributed by atoms with van der Waals surface area (Å²) in [4.78, 5) is 0. The van der Waals surface area contributed by atoms with Crippen molar-refractivity contribution in [2.24, 2.45) is 0 Å². The molecule has 0 fully saturated rings. The fourth-order valence-electron chi connectivity index (χ4n) is 0.970. The van der Waals surface area contributed by atoms with Gasteiger partial charge >= 0.3 is 0 Å². The van der Waals surface area contributed by atoms with Gasteiger partial charge in [-0.05, 0) is 24.6 Å². The molecule has 1 unspecified atom stereocenters. The Labute approximate surface area is 87.1 Å². The summed E-state index contributed by atoms with van der Waals surface area (Å²) in [6, 6.07) is 6.32. The van der Waals surface area contributed by atoms with Crippen molar-refractivity contribution in [3.63, 3.8) is 0 Å². The molecule has 0 aliphatic rings. The van der Waals surface area contributed by atoms with E-state index in [1.165, 1.54) is 6.92 Å². The molecule has 0 aliphatic carbocycles. The first-order chi connectivity index (χ1) is 6.59. The van der Waals surface area contributed by atoms with Crippen molar-refractivity contribution in [1.82, 2.24) is 5.32 Å². The molecule has 4 heteroatoms. The number of rotatable bonds is 4. The summed E-state index contributed by atoms with van der Waals surface area (Å²) in [5.41, 5.74) is 0.946. The minimum Gasteiger partial charge on any atom is -0.305 e. The Balaban J connectivity index is 2.42. The molecule has 1 atom stereocenters. The van der Waals surface area contributed by atoms with Gasteiger partial charge in [-0.3, -0.25) is 0 Å². The molecule has 0 aromatic heterocycles. The third kappa shape index (κ3) is 3.60. The van der Waals surface area contributed by atoms with Gasteiger partial charge in [-0.1, -0.05) is 23.7 Å². The van der Waals surface area contributed by atoms with Crippen LogP contribution in [0.2, 0.25) is 5.02 Å². The van der Waals surface area contributed by atoms with E-state index in [0.717, 1.165) is 5.56 Å². The molecule has 0 spiro atoms. The van der Waals surface area contributed by atoms with Crippen molar-refractivity contribution >= 4 is 11.6 Å². The Kier molecular flexibility index (Phi) is 4.29. The smallest absolute Gasteiger partial charge is 0.253 e. The lowest BCUT2D eigenvalue weighted by Gasteiger charge is -2.12. The van der Waals surface area contributed by atoms with E-state index in [-0.39, 0.29) is 0 Å². The first-order valence-electron chi connectivity index (χ1n) is 4.35. The highest BCUT2D eigenvalue weighted by Crippen LogP contribution is 2.09. The van der Waals surface area contributed by atoms with E-state index >= 15 is 0 Å². The fourth-order valence-corrected chi connectivity index (χ4v) is 1.10. The zero-order valence-electron chi connectivity index (χ0n) is 7.81. The third-order valence-electron chi connectivity index (χ3n) is 1.92. The summed E-state index contributed by atoms with van der Waals surface area (Å²) in [5.74, 6) is 0. The topological polar surface area (TPSA) is 12.0 Å². The van der Waals surface area contributed by atoms with Crippen LogP contribution in [0.4, 0.5) is 8.78 Å². The van der Waals surface area contributed by atoms with Crippen molar-refractivity contribution in [2.45, 2.75) is 25.9 Å². The van der Waals surface area contributed by atoms with Crippen LogP contribution in [0.1, 0.15) is 12.5 Å². The second-order valence-electron chi connectivity index (χ2n) is 3.13. The van der Waals surface area contributed by atoms with Gasteiger partial charge in [-0.2, -0.15) is 0 Å². The van der Waals surface area contributed by atoms with Crippen LogP contribution < -0.4 is 5.32 Å². The molecular formula is C10H12ClF2N. The van der Waals surface area contributed by atoms with E-state index in [4.69, 9.17) is 11.6 Å². The van der Waals surface area contributed by atoms with Crippen molar-refractivity contribution in [3.05, 3.63) is 34.9 Å². The van der Waals surface area contributed by atoms with Crippen molar-refractivity contribution in [3.8, 4) is 0 Å². The fraction of sp³-hybridized carbons (Fsp3) is 0.400. The van der Waals surface area contributed by atoms with Crippen LogP contribution in [0.15, 0.2) is 24.3 Å². The number of alkyl halides is 2. The molecule has 1 N–H and O–H groups in total. The molecule has 14 heavy (non-hydrogen) atoms. The summed E-state index contributed by atoms with van der Waals surface area (Å²) < 4.78 is 24.2. The summed E-state index contributed by atoms with van der Waals surface area (Å²) in [5, 5.41) is 3.37. The number of hydrogen-bond acceptors (Lipinski definition) is 1. The van der Waals surface area contributed by atoms with Gasteiger partial charge in [0.15, 0.2) is 0 Å². The van der Waals surface area contributed by atoms with Gasteiger partial charge < -0.3 is 5.32 Å². The molecule has 1 aromatic rings. The minimum atomic E-state index is -2.33. The standard InChI is InChI=1S/C10H12ClF2N/c1-7(10(12)13)14-6-8-2-4-9(11)5-3-8/h2-5,7,10,14H,6H2,1H3. The quantitative estimate of drug-likeness (QED) is 0.821. The third-order valence-corrected chi connectivity index (χ3v) is 2.17. The summed E-state index contributed by atoms with van der Waals surface area (Å²) >= 11 is 5.68. The molecule has 78 valence electrons. The second kappa shape index (κ2) is 5.27. The molecule has 0 aliphatic heterocycles. The van der Waals surface area contributed by atoms with Crippen LogP contribution >= 0.6 is 11.6 Å². The van der Waals surface area contributed by atoms with Crippen LogP contribution in [0, 0.1) is 0 Å². The van der Waals surface area contributed by atoms with Crippen LogP contribution in [-0.4, -0.2) is 12.5 Å². The number of hydrogen-bond donors (Lipinski definition) is 1. The lowest BCUT2D eigenvalue weighted by atomic mass is 10.2. The molecular weight excluding hydrogens is 208 g/mol. The monoisotopic (exact) mass is 219 g/mol. The zero-order valence-corrected chi connectivity index (χ0v) is 8.56. The van der Waals surface area contributed by atoms with Crippen LogP contribution in [0.3, 0.4) is 0 Å². The van der Waals surface area contributed by atoms with E-state index in [1.54, 1.807) is 12.1 Å². The van der Waals surface area contributed by atoms with Gasteiger partial charge in [0.1, 0.15) is 0 Å². The Morgan fingerprint density at radius 2 is 1.86 bits per heavy atom. The van der Waals surface area contributed by atoms with E-state index < -0.39 is 12.5 Å². The molecule has 1 rings (SSSR count). The predicted molar refractivity (Wildman–Crippen MR) is 53.8 cm³/mol. The molecule has 0 saturated heterocycles. The lowest BCUT2D eigenvalue weighted by Crippen LogP contribution is -2.31. The predicted octanol–water partition coefficient (Wildman–Crippen LogP) is 3.08. The molecule has 0 heterocycles. The highest BCUT2D eigenvalue weighted by Gasteiger charge is 2.12. The van der Waals surface area contributed by atoms with E-state index in [2.05, 4.69) is 5.32 Å². The summed E-state index contributed by atoms with van der Waals surface area (Å²) in [6.07, 6.45) is -2.33. The largest absolute Gasteiger partial charge is 0.305 e. The first-order valence-corrected chi connectivity index (χ1v) is 4.73. The van der Waals surface area contributed by atoms with Crippen LogP contribution in [-0.2, 0) is 6.54 Å². The Hall–Kier alpha value is -0.670. The van der Waals surface area contributed by atoms with Crippen LogP contribution in [0.25, 0.3) is 0 Å². The average Bonchev–Trinajstić information content (AvgIpc) is 2.16. The molecule has 0 amide bonds. The Morgan fingerprint density at radius 1 is 1.29 bits per heavy atom. The number of benzene rings is 1. The molecule has 0 saturated carbocycles. The maximum atomic E-state index is 12.1. The highest BCUT2D eigenvalue weighted by atomic mass is 35.5. The van der Waals surface area contributed by atoms with E-state index in [1.807, 2.05) is 12.1 Å². The normalized spacial score (nSPS) is 13.2. The van der Waals surface area contributed by atoms with Gasteiger partial charge in [0.05, 0.1) is 6.04 Å². The molecule has 1 aromatic carbocycles. The number of nitrogens with one attached hydrogen (secondary N) is 1. The van der Waals surface area contributed by atoms with E-state index in [0.29, 0.717) is 11.6 Å². The maximum Gasteiger partial charge on any atom is 0.253 e. The first kappa shape index (κ1) is 11.4. The lowest BCUT2D eigenvalue weighted by molar-refractivity contribution is 0.105. The van der Waals surface area contributed by atoms with Gasteiger partial charge in [-0.15, -0.1) is 0 Å². The van der Waals surface area contributed by atoms with Gasteiger partial charge in [-0.25, -0.2) is 8.78 Å². The van der Waals surface area contributed by atoms with Gasteiger partial charge in [0, 0.05) is 11.6 Å². The zero-order chi connectivity index (χ0) is 10.6. The number of halogens is 3. The van der Waals surface area contributed by atoms with Crippen molar-refractivity contribution in [2.75, 3.05) is 0 Å². The maximum absolute atomic E-state index is 12.1. The van der Waals surface area contributed by atoms with Crippen molar-refractivity contribution in [1.29, 1.82) is 0 Å². The molecule has 0 radical (unpaired) electrons. The second-order valence-corrected chi connectivity index (χ2v) is 3.57. The minimum absolute atomic E-state index is 0.433. The Morgan fingerprint density at radius 3 is 2.36 bits per heavy atom. The average molecular weight is 220 g/mol. The molecule has 1 nitrogen and oxygen atoms in total. The van der Waals surface area contributed by atoms with Crippen LogP contribution in [0.5, 0.6) is 0 Å². The molecule has 0 bridgehead atoms. The van der Waals surface area contributed by atoms with Gasteiger partial charge in [0.2, 0.25) is 0 Å². The Bertz CT molecular complexity index is 274. The SMILES string of the molecule is CC(NCc1ccc(Cl)cc1)C(F)F. The summed E-state index contributed by atoms with van der Waals surface area (Å²) in [6.45, 7) is 1.89.